The molecule has 1 rings (SSSR count). The Bertz CT molecular complexity index is 382. The standard InChI is InChI=1S/C7H8F2N4/c1-4-3-13(5(10)2-12-4)7(11)6(8)9/h2-3,6,10-11H,1H3. The smallest absolute Gasteiger partial charge is 0.283 e. The van der Waals surface area contributed by atoms with E-state index in [2.05, 4.69) is 4.98 Å². The second-order valence-electron chi connectivity index (χ2n) is 2.47. The highest BCUT2D eigenvalue weighted by molar-refractivity contribution is 5.84. The summed E-state index contributed by atoms with van der Waals surface area (Å²) in [5, 5.41) is 14.2. The zero-order chi connectivity index (χ0) is 10.0. The summed E-state index contributed by atoms with van der Waals surface area (Å²) < 4.78 is 25.0. The molecule has 4 nitrogen and oxygen atoms in total. The van der Waals surface area contributed by atoms with Gasteiger partial charge in [-0.1, -0.05) is 0 Å². The highest BCUT2D eigenvalue weighted by atomic mass is 19.3. The van der Waals surface area contributed by atoms with Gasteiger partial charge in [-0.2, -0.15) is 0 Å². The van der Waals surface area contributed by atoms with E-state index in [1.807, 2.05) is 0 Å². The minimum absolute atomic E-state index is 0.226. The van der Waals surface area contributed by atoms with Gasteiger partial charge in [-0.25, -0.2) is 8.78 Å². The van der Waals surface area contributed by atoms with Gasteiger partial charge in [0.2, 0.25) is 0 Å². The zero-order valence-electron chi connectivity index (χ0n) is 6.88. The van der Waals surface area contributed by atoms with Gasteiger partial charge >= 0.3 is 0 Å². The summed E-state index contributed by atoms with van der Waals surface area (Å²) in [6.45, 7) is 1.61. The lowest BCUT2D eigenvalue weighted by molar-refractivity contribution is 0.219. The Morgan fingerprint density at radius 1 is 1.62 bits per heavy atom. The maximum absolute atomic E-state index is 12.1. The van der Waals surface area contributed by atoms with Crippen LogP contribution in [0.2, 0.25) is 0 Å². The van der Waals surface area contributed by atoms with Gasteiger partial charge in [-0.3, -0.25) is 20.4 Å². The predicted octanol–water partition coefficient (Wildman–Crippen LogP) is 0.761. The summed E-state index contributed by atoms with van der Waals surface area (Å²) in [5.41, 5.74) is 0.261. The molecule has 0 radical (unpaired) electrons. The predicted molar refractivity (Wildman–Crippen MR) is 41.9 cm³/mol. The Morgan fingerprint density at radius 3 is 2.77 bits per heavy atom. The Labute approximate surface area is 72.9 Å². The SMILES string of the molecule is Cc1cn(C(=N)C(F)F)c(=N)cn1. The van der Waals surface area contributed by atoms with Gasteiger partial charge in [-0.05, 0) is 6.92 Å². The molecule has 0 unspecified atom stereocenters. The van der Waals surface area contributed by atoms with E-state index in [9.17, 15) is 8.78 Å². The van der Waals surface area contributed by atoms with Crippen LogP contribution in [0.25, 0.3) is 0 Å². The first-order valence-corrected chi connectivity index (χ1v) is 3.49. The maximum Gasteiger partial charge on any atom is 0.295 e. The van der Waals surface area contributed by atoms with E-state index < -0.39 is 12.3 Å². The van der Waals surface area contributed by atoms with Crippen LogP contribution in [0.1, 0.15) is 5.69 Å². The van der Waals surface area contributed by atoms with Crippen LogP contribution in [0, 0.1) is 17.7 Å². The molecule has 1 aromatic heterocycles. The van der Waals surface area contributed by atoms with Crippen LogP contribution in [0.3, 0.4) is 0 Å². The number of hydrogen-bond donors (Lipinski definition) is 2. The lowest BCUT2D eigenvalue weighted by atomic mass is 10.4. The van der Waals surface area contributed by atoms with Gasteiger partial charge in [0.1, 0.15) is 5.49 Å². The number of aromatic nitrogens is 2. The minimum Gasteiger partial charge on any atom is -0.283 e. The molecule has 0 spiro atoms. The molecular formula is C7H8F2N4. The largest absolute Gasteiger partial charge is 0.295 e. The lowest BCUT2D eigenvalue weighted by Crippen LogP contribution is -2.31. The number of alkyl halides is 2. The van der Waals surface area contributed by atoms with Gasteiger partial charge in [0.05, 0.1) is 11.9 Å². The fourth-order valence-corrected chi connectivity index (χ4v) is 0.819. The molecule has 0 aromatic carbocycles. The van der Waals surface area contributed by atoms with E-state index in [4.69, 9.17) is 10.8 Å². The number of rotatable bonds is 1. The first-order chi connectivity index (χ1) is 6.02. The normalized spacial score (nSPS) is 10.5. The molecule has 70 valence electrons. The van der Waals surface area contributed by atoms with Crippen molar-refractivity contribution < 1.29 is 8.78 Å². The van der Waals surface area contributed by atoms with Crippen LogP contribution < -0.4 is 5.49 Å². The molecule has 0 bridgehead atoms. The molecule has 1 aromatic rings. The van der Waals surface area contributed by atoms with Gasteiger partial charge < -0.3 is 0 Å². The lowest BCUT2D eigenvalue weighted by Gasteiger charge is -2.07. The topological polar surface area (TPSA) is 65.5 Å². The van der Waals surface area contributed by atoms with Crippen molar-refractivity contribution in [1.29, 1.82) is 10.8 Å². The van der Waals surface area contributed by atoms with Crippen molar-refractivity contribution in [3.05, 3.63) is 23.6 Å². The summed E-state index contributed by atoms with van der Waals surface area (Å²) in [5.74, 6) is -0.907. The van der Waals surface area contributed by atoms with E-state index >= 15 is 0 Å². The summed E-state index contributed by atoms with van der Waals surface area (Å²) in [4.78, 5) is 3.73. The van der Waals surface area contributed by atoms with Crippen LogP contribution >= 0.6 is 0 Å². The summed E-state index contributed by atoms with van der Waals surface area (Å²) >= 11 is 0. The fourth-order valence-electron chi connectivity index (χ4n) is 0.819. The zero-order valence-corrected chi connectivity index (χ0v) is 6.88. The average molecular weight is 186 g/mol. The second-order valence-corrected chi connectivity index (χ2v) is 2.47. The van der Waals surface area contributed by atoms with Crippen molar-refractivity contribution >= 4 is 5.84 Å². The molecular weight excluding hydrogens is 178 g/mol. The summed E-state index contributed by atoms with van der Waals surface area (Å²) in [7, 11) is 0. The number of nitrogens with zero attached hydrogens (tertiary/aromatic N) is 2. The third-order valence-electron chi connectivity index (χ3n) is 1.43. The molecule has 1 heterocycles. The molecule has 0 atom stereocenters. The van der Waals surface area contributed by atoms with Crippen molar-refractivity contribution in [3.63, 3.8) is 0 Å². The van der Waals surface area contributed by atoms with E-state index in [-0.39, 0.29) is 5.49 Å². The number of hydrogen-bond acceptors (Lipinski definition) is 3. The Kier molecular flexibility index (Phi) is 2.50. The van der Waals surface area contributed by atoms with Crippen molar-refractivity contribution in [2.45, 2.75) is 13.3 Å². The first kappa shape index (κ1) is 9.50. The van der Waals surface area contributed by atoms with E-state index in [0.717, 1.165) is 10.8 Å². The number of halogens is 2. The van der Waals surface area contributed by atoms with Crippen LogP contribution in [-0.4, -0.2) is 21.8 Å². The monoisotopic (exact) mass is 186 g/mol. The van der Waals surface area contributed by atoms with E-state index in [1.165, 1.54) is 6.20 Å². The Balaban J connectivity index is 3.21. The Morgan fingerprint density at radius 2 is 2.23 bits per heavy atom. The third-order valence-corrected chi connectivity index (χ3v) is 1.43. The van der Waals surface area contributed by atoms with E-state index in [0.29, 0.717) is 5.69 Å². The highest BCUT2D eigenvalue weighted by Crippen LogP contribution is 1.96. The molecule has 2 N–H and O–H groups in total. The van der Waals surface area contributed by atoms with Gasteiger partial charge in [-0.15, -0.1) is 0 Å². The molecule has 0 aliphatic rings. The van der Waals surface area contributed by atoms with Crippen molar-refractivity contribution in [2.75, 3.05) is 0 Å². The quantitative estimate of drug-likeness (QED) is 0.493. The summed E-state index contributed by atoms with van der Waals surface area (Å²) in [6, 6.07) is 0. The van der Waals surface area contributed by atoms with Crippen LogP contribution in [-0.2, 0) is 0 Å². The maximum atomic E-state index is 12.1. The van der Waals surface area contributed by atoms with Gasteiger partial charge in [0.15, 0.2) is 5.84 Å². The van der Waals surface area contributed by atoms with Gasteiger partial charge in [0, 0.05) is 6.20 Å². The molecule has 0 saturated carbocycles. The molecule has 0 saturated heterocycles. The average Bonchev–Trinajstić information content (AvgIpc) is 2.08. The second kappa shape index (κ2) is 3.42. The molecule has 6 heteroatoms. The van der Waals surface area contributed by atoms with Crippen LogP contribution in [0.5, 0.6) is 0 Å². The number of nitrogens with one attached hydrogen (secondary N) is 2. The van der Waals surface area contributed by atoms with Crippen molar-refractivity contribution in [3.8, 4) is 0 Å². The van der Waals surface area contributed by atoms with Crippen molar-refractivity contribution in [1.82, 2.24) is 9.55 Å². The van der Waals surface area contributed by atoms with Gasteiger partial charge in [0.25, 0.3) is 6.43 Å². The van der Waals surface area contributed by atoms with Crippen LogP contribution in [0.15, 0.2) is 12.4 Å². The molecule has 0 aliphatic heterocycles. The highest BCUT2D eigenvalue weighted by Gasteiger charge is 2.13. The number of aryl methyl sites for hydroxylation is 1. The molecule has 0 fully saturated rings. The van der Waals surface area contributed by atoms with Crippen LogP contribution in [0.4, 0.5) is 8.78 Å². The fraction of sp³-hybridized carbons (Fsp3) is 0.286. The third kappa shape index (κ3) is 1.95. The summed E-state index contributed by atoms with van der Waals surface area (Å²) in [6.07, 6.45) is -0.515. The molecule has 0 aliphatic carbocycles. The van der Waals surface area contributed by atoms with E-state index in [1.54, 1.807) is 6.92 Å². The first-order valence-electron chi connectivity index (χ1n) is 3.49. The van der Waals surface area contributed by atoms with Crippen molar-refractivity contribution in [2.24, 2.45) is 0 Å². The molecule has 0 amide bonds. The molecule has 13 heavy (non-hydrogen) atoms. The Hall–Kier alpha value is -1.59. The minimum atomic E-state index is -2.88.